The van der Waals surface area contributed by atoms with Gasteiger partial charge in [-0.2, -0.15) is 0 Å². The van der Waals surface area contributed by atoms with Gasteiger partial charge in [0, 0.05) is 23.4 Å². The van der Waals surface area contributed by atoms with Crippen molar-refractivity contribution in [2.24, 2.45) is 0 Å². The zero-order chi connectivity index (χ0) is 12.3. The molecular formula is C13H15BrN2S. The van der Waals surface area contributed by atoms with E-state index in [4.69, 9.17) is 0 Å². The van der Waals surface area contributed by atoms with Crippen LogP contribution in [0, 0.1) is 6.92 Å². The molecule has 90 valence electrons. The van der Waals surface area contributed by atoms with E-state index >= 15 is 0 Å². The fraction of sp³-hybridized carbons (Fsp3) is 0.308. The molecule has 2 nitrogen and oxygen atoms in total. The third kappa shape index (κ3) is 3.07. The number of hydrogen-bond donors (Lipinski definition) is 0. The van der Waals surface area contributed by atoms with Crippen molar-refractivity contribution in [3.8, 4) is 0 Å². The molecule has 2 rings (SSSR count). The summed E-state index contributed by atoms with van der Waals surface area (Å²) in [5.41, 5.74) is 6.91. The van der Waals surface area contributed by atoms with Gasteiger partial charge in [0.1, 0.15) is 0 Å². The first kappa shape index (κ1) is 12.6. The molecular weight excluding hydrogens is 296 g/mol. The summed E-state index contributed by atoms with van der Waals surface area (Å²) in [4.78, 5) is 6.53. The second kappa shape index (κ2) is 5.65. The molecule has 0 saturated heterocycles. The third-order valence-corrected chi connectivity index (χ3v) is 4.03. The number of benzene rings is 1. The molecule has 0 unspecified atom stereocenters. The molecule has 0 saturated carbocycles. The van der Waals surface area contributed by atoms with Crippen LogP contribution >= 0.6 is 27.3 Å². The van der Waals surface area contributed by atoms with Crippen molar-refractivity contribution in [3.05, 3.63) is 45.9 Å². The van der Waals surface area contributed by atoms with Crippen LogP contribution in [-0.2, 0) is 11.9 Å². The Balaban J connectivity index is 2.14. The van der Waals surface area contributed by atoms with Crippen LogP contribution in [0.15, 0.2) is 29.1 Å². The summed E-state index contributed by atoms with van der Waals surface area (Å²) in [5.74, 6) is 0. The molecule has 0 aliphatic heterocycles. The van der Waals surface area contributed by atoms with E-state index in [-0.39, 0.29) is 0 Å². The van der Waals surface area contributed by atoms with Gasteiger partial charge in [-0.25, -0.2) is 4.98 Å². The lowest BCUT2D eigenvalue weighted by Gasteiger charge is -2.19. The van der Waals surface area contributed by atoms with Crippen LogP contribution in [0.1, 0.15) is 16.8 Å². The first-order chi connectivity index (χ1) is 8.20. The number of alkyl halides is 1. The molecule has 0 spiro atoms. The summed E-state index contributed by atoms with van der Waals surface area (Å²) < 4.78 is 0. The number of aryl methyl sites for hydroxylation is 1. The standard InChI is InChI=1S/C13H15BrN2S/c1-10-5-13(4-3-11(10)6-14)16(2)7-12-8-17-9-15-12/h3-5,8-9H,6-7H2,1-2H3. The van der Waals surface area contributed by atoms with Crippen LogP contribution < -0.4 is 4.90 Å². The van der Waals surface area contributed by atoms with Gasteiger partial charge in [-0.05, 0) is 30.2 Å². The summed E-state index contributed by atoms with van der Waals surface area (Å²) in [6, 6.07) is 6.57. The highest BCUT2D eigenvalue weighted by Gasteiger charge is 2.05. The zero-order valence-corrected chi connectivity index (χ0v) is 12.4. The number of anilines is 1. The molecule has 1 aromatic heterocycles. The van der Waals surface area contributed by atoms with Crippen molar-refractivity contribution >= 4 is 33.0 Å². The number of hydrogen-bond acceptors (Lipinski definition) is 3. The van der Waals surface area contributed by atoms with E-state index in [1.165, 1.54) is 16.8 Å². The summed E-state index contributed by atoms with van der Waals surface area (Å²) in [5, 5.41) is 3.01. The molecule has 0 bridgehead atoms. The van der Waals surface area contributed by atoms with Gasteiger partial charge in [-0.1, -0.05) is 22.0 Å². The molecule has 0 amide bonds. The maximum atomic E-state index is 4.31. The van der Waals surface area contributed by atoms with Gasteiger partial charge < -0.3 is 4.90 Å². The maximum Gasteiger partial charge on any atom is 0.0795 e. The van der Waals surface area contributed by atoms with Crippen molar-refractivity contribution in [3.63, 3.8) is 0 Å². The van der Waals surface area contributed by atoms with Crippen LogP contribution in [0.3, 0.4) is 0 Å². The average Bonchev–Trinajstić information content (AvgIpc) is 2.81. The topological polar surface area (TPSA) is 16.1 Å². The van der Waals surface area contributed by atoms with Crippen LogP contribution in [0.4, 0.5) is 5.69 Å². The van der Waals surface area contributed by atoms with E-state index in [1.807, 2.05) is 5.51 Å². The molecule has 0 fully saturated rings. The Hall–Kier alpha value is -0.870. The van der Waals surface area contributed by atoms with Gasteiger partial charge in [-0.3, -0.25) is 0 Å². The van der Waals surface area contributed by atoms with Crippen LogP contribution in [0.5, 0.6) is 0 Å². The molecule has 1 aromatic carbocycles. The fourth-order valence-electron chi connectivity index (χ4n) is 1.72. The smallest absolute Gasteiger partial charge is 0.0795 e. The molecule has 0 radical (unpaired) electrons. The number of thiazole rings is 1. The summed E-state index contributed by atoms with van der Waals surface area (Å²) in [6.45, 7) is 3.01. The highest BCUT2D eigenvalue weighted by molar-refractivity contribution is 9.08. The predicted molar refractivity (Wildman–Crippen MR) is 78.0 cm³/mol. The maximum absolute atomic E-state index is 4.31. The van der Waals surface area contributed by atoms with E-state index in [1.54, 1.807) is 11.3 Å². The van der Waals surface area contributed by atoms with Crippen LogP contribution in [0.25, 0.3) is 0 Å². The highest BCUT2D eigenvalue weighted by atomic mass is 79.9. The van der Waals surface area contributed by atoms with E-state index in [0.29, 0.717) is 0 Å². The second-order valence-corrected chi connectivity index (χ2v) is 5.36. The molecule has 1 heterocycles. The lowest BCUT2D eigenvalue weighted by molar-refractivity contribution is 0.893. The van der Waals surface area contributed by atoms with Gasteiger partial charge in [0.15, 0.2) is 0 Å². The van der Waals surface area contributed by atoms with Crippen LogP contribution in [-0.4, -0.2) is 12.0 Å². The summed E-state index contributed by atoms with van der Waals surface area (Å²) in [7, 11) is 2.10. The number of rotatable bonds is 4. The van der Waals surface area contributed by atoms with Crippen molar-refractivity contribution in [1.29, 1.82) is 0 Å². The Labute approximate surface area is 114 Å². The molecule has 0 aliphatic rings. The Kier molecular flexibility index (Phi) is 4.18. The normalized spacial score (nSPS) is 10.5. The van der Waals surface area contributed by atoms with Crippen molar-refractivity contribution in [2.45, 2.75) is 18.8 Å². The van der Waals surface area contributed by atoms with Gasteiger partial charge in [0.25, 0.3) is 0 Å². The quantitative estimate of drug-likeness (QED) is 0.794. The number of nitrogens with zero attached hydrogens (tertiary/aromatic N) is 2. The van der Waals surface area contributed by atoms with E-state index in [0.717, 1.165) is 17.6 Å². The van der Waals surface area contributed by atoms with Crippen molar-refractivity contribution in [2.75, 3.05) is 11.9 Å². The molecule has 4 heteroatoms. The lowest BCUT2D eigenvalue weighted by atomic mass is 10.1. The van der Waals surface area contributed by atoms with Gasteiger partial charge in [-0.15, -0.1) is 11.3 Å². The Bertz CT molecular complexity index is 482. The molecule has 0 N–H and O–H groups in total. The lowest BCUT2D eigenvalue weighted by Crippen LogP contribution is -2.16. The minimum atomic E-state index is 0.858. The van der Waals surface area contributed by atoms with Crippen LogP contribution in [0.2, 0.25) is 0 Å². The monoisotopic (exact) mass is 310 g/mol. The largest absolute Gasteiger partial charge is 0.369 e. The zero-order valence-electron chi connectivity index (χ0n) is 9.98. The van der Waals surface area contributed by atoms with Gasteiger partial charge in [0.2, 0.25) is 0 Å². The Morgan fingerprint density at radius 3 is 2.82 bits per heavy atom. The summed E-state index contributed by atoms with van der Waals surface area (Å²) in [6.07, 6.45) is 0. The number of aromatic nitrogens is 1. The minimum Gasteiger partial charge on any atom is -0.369 e. The third-order valence-electron chi connectivity index (χ3n) is 2.79. The molecule has 0 aliphatic carbocycles. The number of halogens is 1. The first-order valence-corrected chi connectivity index (χ1v) is 7.51. The van der Waals surface area contributed by atoms with Crippen molar-refractivity contribution < 1.29 is 0 Å². The molecule has 17 heavy (non-hydrogen) atoms. The Morgan fingerprint density at radius 1 is 1.41 bits per heavy atom. The van der Waals surface area contributed by atoms with Crippen molar-refractivity contribution in [1.82, 2.24) is 4.98 Å². The average molecular weight is 311 g/mol. The van der Waals surface area contributed by atoms with Gasteiger partial charge in [0.05, 0.1) is 17.7 Å². The second-order valence-electron chi connectivity index (χ2n) is 4.08. The van der Waals surface area contributed by atoms with E-state index in [2.05, 4.69) is 63.4 Å². The first-order valence-electron chi connectivity index (χ1n) is 5.44. The Morgan fingerprint density at radius 2 is 2.24 bits per heavy atom. The fourth-order valence-corrected chi connectivity index (χ4v) is 2.90. The summed E-state index contributed by atoms with van der Waals surface area (Å²) >= 11 is 5.14. The predicted octanol–water partition coefficient (Wildman–Crippen LogP) is 3.98. The molecule has 2 aromatic rings. The highest BCUT2D eigenvalue weighted by Crippen LogP contribution is 2.21. The van der Waals surface area contributed by atoms with E-state index in [9.17, 15) is 0 Å². The van der Waals surface area contributed by atoms with Gasteiger partial charge >= 0.3 is 0 Å². The minimum absolute atomic E-state index is 0.858. The SMILES string of the molecule is Cc1cc(N(C)Cc2cscn2)ccc1CBr. The molecule has 0 atom stereocenters. The van der Waals surface area contributed by atoms with E-state index < -0.39 is 0 Å².